The maximum absolute atomic E-state index is 12.5. The van der Waals surface area contributed by atoms with E-state index in [9.17, 15) is 19.5 Å². The second kappa shape index (κ2) is 6.58. The van der Waals surface area contributed by atoms with Crippen LogP contribution in [0.4, 0.5) is 0 Å². The van der Waals surface area contributed by atoms with Gasteiger partial charge in [-0.15, -0.1) is 0 Å². The van der Waals surface area contributed by atoms with Crippen molar-refractivity contribution in [3.8, 4) is 5.75 Å². The highest BCUT2D eigenvalue weighted by Gasteiger charge is 2.30. The first-order valence-electron chi connectivity index (χ1n) is 8.03. The normalized spacial score (nSPS) is 17.0. The van der Waals surface area contributed by atoms with Gasteiger partial charge in [0, 0.05) is 18.0 Å². The van der Waals surface area contributed by atoms with Gasteiger partial charge in [0.15, 0.2) is 0 Å². The Bertz CT molecular complexity index is 900. The summed E-state index contributed by atoms with van der Waals surface area (Å²) in [6, 6.07) is 4.19. The predicted octanol–water partition coefficient (Wildman–Crippen LogP) is 0.393. The van der Waals surface area contributed by atoms with Crippen LogP contribution in [0.5, 0.6) is 5.75 Å². The number of ether oxygens (including phenoxy) is 1. The van der Waals surface area contributed by atoms with Crippen LogP contribution < -0.4 is 15.5 Å². The molecule has 0 spiro atoms. The lowest BCUT2D eigenvalue weighted by molar-refractivity contribution is -0.310. The van der Waals surface area contributed by atoms with Crippen molar-refractivity contribution in [2.75, 3.05) is 13.7 Å². The smallest absolute Gasteiger partial charge is 0.340 e. The van der Waals surface area contributed by atoms with E-state index in [0.717, 1.165) is 0 Å². The molecule has 0 unspecified atom stereocenters. The van der Waals surface area contributed by atoms with E-state index < -0.39 is 23.5 Å². The number of methoxy groups -OCH3 is 1. The van der Waals surface area contributed by atoms with Gasteiger partial charge in [-0.3, -0.25) is 4.79 Å². The molecule has 0 bridgehead atoms. The Morgan fingerprint density at radius 3 is 2.84 bits per heavy atom. The molecule has 0 radical (unpaired) electrons. The molecule has 7 heteroatoms. The molecule has 3 rings (SSSR count). The molecule has 1 aromatic carbocycles. The third-order valence-corrected chi connectivity index (χ3v) is 4.67. The summed E-state index contributed by atoms with van der Waals surface area (Å²) in [4.78, 5) is 37.2. The molecule has 1 fully saturated rings. The van der Waals surface area contributed by atoms with Gasteiger partial charge in [0.1, 0.15) is 11.3 Å². The fourth-order valence-electron chi connectivity index (χ4n) is 3.27. The third-order valence-electron chi connectivity index (χ3n) is 4.67. The molecule has 7 nitrogen and oxygen atoms in total. The molecule has 1 aromatic heterocycles. The van der Waals surface area contributed by atoms with Crippen molar-refractivity contribution in [1.29, 1.82) is 0 Å². The Hall–Kier alpha value is -2.83. The molecule has 1 saturated heterocycles. The Morgan fingerprint density at radius 2 is 2.16 bits per heavy atom. The monoisotopic (exact) mass is 344 g/mol. The molecule has 0 N–H and O–H groups in total. The Balaban J connectivity index is 1.95. The van der Waals surface area contributed by atoms with Crippen molar-refractivity contribution in [3.05, 3.63) is 39.7 Å². The number of benzene rings is 1. The van der Waals surface area contributed by atoms with Gasteiger partial charge in [-0.05, 0) is 37.5 Å². The second-order valence-electron chi connectivity index (χ2n) is 6.10. The highest BCUT2D eigenvalue weighted by Crippen LogP contribution is 2.25. The molecule has 1 aliphatic rings. The zero-order chi connectivity index (χ0) is 18.1. The fraction of sp³-hybridized carbons (Fsp3) is 0.389. The molecule has 1 aliphatic heterocycles. The molecule has 0 saturated carbocycles. The molecular weight excluding hydrogens is 326 g/mol. The van der Waals surface area contributed by atoms with Gasteiger partial charge in [0.05, 0.1) is 31.1 Å². The summed E-state index contributed by atoms with van der Waals surface area (Å²) < 4.78 is 10.4. The van der Waals surface area contributed by atoms with E-state index in [4.69, 9.17) is 9.15 Å². The molecule has 2 heterocycles. The zero-order valence-corrected chi connectivity index (χ0v) is 14.0. The number of aliphatic carboxylic acids is 1. The van der Waals surface area contributed by atoms with Gasteiger partial charge in [0.25, 0.3) is 0 Å². The quantitative estimate of drug-likeness (QED) is 0.744. The average molecular weight is 344 g/mol. The molecule has 25 heavy (non-hydrogen) atoms. The van der Waals surface area contributed by atoms with Gasteiger partial charge in [-0.2, -0.15) is 0 Å². The third kappa shape index (κ3) is 3.09. The van der Waals surface area contributed by atoms with Crippen LogP contribution >= 0.6 is 0 Å². The maximum Gasteiger partial charge on any atom is 0.340 e. The van der Waals surface area contributed by atoms with Crippen LogP contribution in [0.3, 0.4) is 0 Å². The van der Waals surface area contributed by atoms with Gasteiger partial charge >= 0.3 is 5.63 Å². The van der Waals surface area contributed by atoms with Crippen molar-refractivity contribution in [1.82, 2.24) is 4.90 Å². The summed E-state index contributed by atoms with van der Waals surface area (Å²) >= 11 is 0. The number of carbonyl (C=O) groups is 2. The number of aryl methyl sites for hydroxylation is 1. The Labute approximate surface area is 143 Å². The number of hydrogen-bond acceptors (Lipinski definition) is 6. The van der Waals surface area contributed by atoms with E-state index in [1.807, 2.05) is 0 Å². The number of likely N-dealkylation sites (tertiary alicyclic amines) is 1. The van der Waals surface area contributed by atoms with E-state index in [0.29, 0.717) is 41.7 Å². The predicted molar refractivity (Wildman–Crippen MR) is 87.2 cm³/mol. The van der Waals surface area contributed by atoms with Crippen LogP contribution in [0.25, 0.3) is 11.0 Å². The highest BCUT2D eigenvalue weighted by atomic mass is 16.5. The number of amides is 1. The largest absolute Gasteiger partial charge is 0.548 e. The number of carbonyl (C=O) groups excluding carboxylic acids is 2. The van der Waals surface area contributed by atoms with Crippen LogP contribution in [0, 0.1) is 6.92 Å². The van der Waals surface area contributed by atoms with Crippen molar-refractivity contribution in [3.63, 3.8) is 0 Å². The molecule has 0 aliphatic carbocycles. The number of carboxylic acid groups (broad SMARTS) is 1. The Morgan fingerprint density at radius 1 is 1.40 bits per heavy atom. The first-order valence-corrected chi connectivity index (χ1v) is 8.03. The summed E-state index contributed by atoms with van der Waals surface area (Å²) in [5.74, 6) is -1.11. The minimum Gasteiger partial charge on any atom is -0.548 e. The standard InChI is InChI=1S/C18H19NO6/c1-10-12-6-5-11(24-2)8-15(12)25-18(23)13(10)9-16(20)19-7-3-4-14(19)17(21)22/h5-6,8,14H,3-4,7,9H2,1-2H3,(H,21,22)/p-1/t14-/m0/s1. The van der Waals surface area contributed by atoms with E-state index in [-0.39, 0.29) is 12.0 Å². The zero-order valence-electron chi connectivity index (χ0n) is 14.0. The molecular formula is C18H18NO6-. The van der Waals surface area contributed by atoms with Gasteiger partial charge in [-0.25, -0.2) is 4.79 Å². The SMILES string of the molecule is COc1ccc2c(C)c(CC(=O)N3CCC[C@H]3C(=O)[O-])c(=O)oc2c1. The number of rotatable bonds is 4. The molecule has 132 valence electrons. The minimum atomic E-state index is -1.26. The number of nitrogens with zero attached hydrogens (tertiary/aromatic N) is 1. The summed E-state index contributed by atoms with van der Waals surface area (Å²) in [7, 11) is 1.52. The van der Waals surface area contributed by atoms with Crippen LogP contribution in [-0.2, 0) is 16.0 Å². The second-order valence-corrected chi connectivity index (χ2v) is 6.10. The number of fused-ring (bicyclic) bond motifs is 1. The first kappa shape index (κ1) is 17.0. The van der Waals surface area contributed by atoms with Gasteiger partial charge < -0.3 is 24.0 Å². The van der Waals surface area contributed by atoms with Crippen molar-refractivity contribution >= 4 is 22.8 Å². The maximum atomic E-state index is 12.5. The highest BCUT2D eigenvalue weighted by molar-refractivity contribution is 5.87. The Kier molecular flexibility index (Phi) is 4.48. The van der Waals surface area contributed by atoms with Crippen molar-refractivity contribution < 1.29 is 23.8 Å². The lowest BCUT2D eigenvalue weighted by Gasteiger charge is -2.25. The lowest BCUT2D eigenvalue weighted by Crippen LogP contribution is -2.47. The number of hydrogen-bond donors (Lipinski definition) is 0. The number of carboxylic acids is 1. The summed E-state index contributed by atoms with van der Waals surface area (Å²) in [5, 5.41) is 11.9. The van der Waals surface area contributed by atoms with E-state index in [1.54, 1.807) is 25.1 Å². The van der Waals surface area contributed by atoms with Crippen molar-refractivity contribution in [2.24, 2.45) is 0 Å². The van der Waals surface area contributed by atoms with Crippen LogP contribution in [-0.4, -0.2) is 36.5 Å². The van der Waals surface area contributed by atoms with Crippen LogP contribution in [0.1, 0.15) is 24.0 Å². The van der Waals surface area contributed by atoms with Gasteiger partial charge in [-0.1, -0.05) is 0 Å². The minimum absolute atomic E-state index is 0.195. The van der Waals surface area contributed by atoms with E-state index >= 15 is 0 Å². The lowest BCUT2D eigenvalue weighted by atomic mass is 10.0. The van der Waals surface area contributed by atoms with E-state index in [1.165, 1.54) is 12.0 Å². The van der Waals surface area contributed by atoms with Gasteiger partial charge in [0.2, 0.25) is 5.91 Å². The summed E-state index contributed by atoms with van der Waals surface area (Å²) in [6.45, 7) is 2.10. The van der Waals surface area contributed by atoms with Crippen LogP contribution in [0.15, 0.2) is 27.4 Å². The summed E-state index contributed by atoms with van der Waals surface area (Å²) in [6.07, 6.45) is 0.786. The molecule has 1 amide bonds. The van der Waals surface area contributed by atoms with Crippen LogP contribution in [0.2, 0.25) is 0 Å². The van der Waals surface area contributed by atoms with E-state index in [2.05, 4.69) is 0 Å². The van der Waals surface area contributed by atoms with Crippen molar-refractivity contribution in [2.45, 2.75) is 32.2 Å². The first-order chi connectivity index (χ1) is 11.9. The summed E-state index contributed by atoms with van der Waals surface area (Å²) in [5.41, 5.74) is 0.667. The topological polar surface area (TPSA) is 99.9 Å². The molecule has 1 atom stereocenters. The average Bonchev–Trinajstić information content (AvgIpc) is 3.08. The molecule has 2 aromatic rings. The fourth-order valence-corrected chi connectivity index (χ4v) is 3.27.